The maximum Gasteiger partial charge on any atom is 0.253 e. The minimum atomic E-state index is -0.346. The van der Waals surface area contributed by atoms with Crippen molar-refractivity contribution >= 4 is 22.7 Å². The van der Waals surface area contributed by atoms with Gasteiger partial charge in [-0.05, 0) is 36.9 Å². The summed E-state index contributed by atoms with van der Waals surface area (Å²) in [7, 11) is 3.73. The summed E-state index contributed by atoms with van der Waals surface area (Å²) < 4.78 is 10.1. The summed E-state index contributed by atoms with van der Waals surface area (Å²) in [4.78, 5) is 29.8. The van der Waals surface area contributed by atoms with Gasteiger partial charge in [0.25, 0.3) is 5.91 Å². The number of aryl methyl sites for hydroxylation is 2. The number of aliphatic hydroxyl groups excluding tert-OH is 1. The first-order valence-corrected chi connectivity index (χ1v) is 12.5. The molecule has 4 rings (SSSR count). The van der Waals surface area contributed by atoms with Crippen LogP contribution in [0.3, 0.4) is 0 Å². The molecule has 0 fully saturated rings. The summed E-state index contributed by atoms with van der Waals surface area (Å²) in [5, 5.41) is 19.0. The maximum absolute atomic E-state index is 13.3. The monoisotopic (exact) mass is 496 g/mol. The molecule has 3 aromatic rings. The first-order valence-electron chi connectivity index (χ1n) is 12.5. The second-order valence-corrected chi connectivity index (χ2v) is 9.84. The fraction of sp³-hybridized carbons (Fsp3) is 0.538. The highest BCUT2D eigenvalue weighted by Crippen LogP contribution is 2.21. The summed E-state index contributed by atoms with van der Waals surface area (Å²) in [5.41, 5.74) is 2.45. The standard InChI is InChI=1S/C26H36N6O4/c1-18-14-31(19(2)16-33)25(34)6-5-10-32-22(13-27-28-32)17-36-24(18)15-30(4)26(35)21-8-7-20-9-11-29(3)23(20)12-21/h7-9,11-13,18-19,24,33H,5-6,10,14-17H2,1-4H3/t18-,19-,24+/m1/s1. The number of nitrogens with zero attached hydrogens (tertiary/aromatic N) is 6. The van der Waals surface area contributed by atoms with E-state index in [0.29, 0.717) is 44.6 Å². The summed E-state index contributed by atoms with van der Waals surface area (Å²) in [5.74, 6) is -0.189. The molecule has 1 N–H and O–H groups in total. The van der Waals surface area contributed by atoms with Crippen molar-refractivity contribution in [1.29, 1.82) is 0 Å². The van der Waals surface area contributed by atoms with Crippen LogP contribution in [0.1, 0.15) is 42.7 Å². The van der Waals surface area contributed by atoms with Crippen LogP contribution in [0, 0.1) is 5.92 Å². The van der Waals surface area contributed by atoms with Crippen molar-refractivity contribution in [3.8, 4) is 0 Å². The van der Waals surface area contributed by atoms with Crippen LogP contribution >= 0.6 is 0 Å². The van der Waals surface area contributed by atoms with E-state index in [4.69, 9.17) is 4.74 Å². The summed E-state index contributed by atoms with van der Waals surface area (Å²) >= 11 is 0. The van der Waals surface area contributed by atoms with Gasteiger partial charge < -0.3 is 24.2 Å². The average Bonchev–Trinajstić information content (AvgIpc) is 3.48. The number of aliphatic hydroxyl groups is 1. The summed E-state index contributed by atoms with van der Waals surface area (Å²) in [6, 6.07) is 7.43. The van der Waals surface area contributed by atoms with Crippen molar-refractivity contribution in [3.05, 3.63) is 47.9 Å². The highest BCUT2D eigenvalue weighted by Gasteiger charge is 2.29. The van der Waals surface area contributed by atoms with Crippen molar-refractivity contribution < 1.29 is 19.4 Å². The van der Waals surface area contributed by atoms with Gasteiger partial charge in [0.15, 0.2) is 0 Å². The second-order valence-electron chi connectivity index (χ2n) is 9.84. The van der Waals surface area contributed by atoms with E-state index in [0.717, 1.165) is 16.6 Å². The zero-order chi connectivity index (χ0) is 25.8. The van der Waals surface area contributed by atoms with Crippen molar-refractivity contribution in [1.82, 2.24) is 29.4 Å². The van der Waals surface area contributed by atoms with Crippen LogP contribution < -0.4 is 0 Å². The third kappa shape index (κ3) is 5.60. The predicted octanol–water partition coefficient (Wildman–Crippen LogP) is 2.07. The molecule has 2 amide bonds. The Kier molecular flexibility index (Phi) is 8.05. The third-order valence-corrected chi connectivity index (χ3v) is 7.08. The van der Waals surface area contributed by atoms with E-state index in [1.807, 2.05) is 55.9 Å². The van der Waals surface area contributed by atoms with Gasteiger partial charge >= 0.3 is 0 Å². The number of hydrogen-bond donors (Lipinski definition) is 1. The van der Waals surface area contributed by atoms with Crippen LogP contribution in [0.2, 0.25) is 0 Å². The molecule has 36 heavy (non-hydrogen) atoms. The molecule has 10 nitrogen and oxygen atoms in total. The smallest absolute Gasteiger partial charge is 0.253 e. The number of amides is 2. The molecule has 10 heteroatoms. The number of aromatic nitrogens is 4. The maximum atomic E-state index is 13.3. The van der Waals surface area contributed by atoms with E-state index in [-0.39, 0.29) is 36.5 Å². The van der Waals surface area contributed by atoms with Crippen molar-refractivity contribution in [2.45, 2.75) is 52.0 Å². The molecule has 1 aliphatic heterocycles. The van der Waals surface area contributed by atoms with Gasteiger partial charge in [-0.15, -0.1) is 5.10 Å². The first kappa shape index (κ1) is 25.8. The summed E-state index contributed by atoms with van der Waals surface area (Å²) in [6.07, 6.45) is 4.30. The number of carbonyl (C=O) groups excluding carboxylic acids is 2. The quantitative estimate of drug-likeness (QED) is 0.580. The molecule has 0 saturated heterocycles. The Balaban J connectivity index is 1.56. The minimum absolute atomic E-state index is 0.00955. The van der Waals surface area contributed by atoms with Gasteiger partial charge in [-0.1, -0.05) is 18.2 Å². The van der Waals surface area contributed by atoms with E-state index in [9.17, 15) is 14.7 Å². The second kappa shape index (κ2) is 11.2. The molecule has 0 unspecified atom stereocenters. The van der Waals surface area contributed by atoms with Gasteiger partial charge in [-0.3, -0.25) is 9.59 Å². The van der Waals surface area contributed by atoms with E-state index >= 15 is 0 Å². The van der Waals surface area contributed by atoms with Gasteiger partial charge in [0.1, 0.15) is 0 Å². The highest BCUT2D eigenvalue weighted by molar-refractivity contribution is 5.98. The Labute approximate surface area is 211 Å². The Morgan fingerprint density at radius 2 is 2.14 bits per heavy atom. The topological polar surface area (TPSA) is 106 Å². The van der Waals surface area contributed by atoms with Gasteiger partial charge in [-0.2, -0.15) is 0 Å². The number of rotatable bonds is 5. The SMILES string of the molecule is C[C@@H]1CN([C@H](C)CO)C(=O)CCCn2nncc2CO[C@H]1CN(C)C(=O)c1ccc2ccn(C)c2c1. The highest BCUT2D eigenvalue weighted by atomic mass is 16.5. The zero-order valence-corrected chi connectivity index (χ0v) is 21.5. The molecular weight excluding hydrogens is 460 g/mol. The van der Waals surface area contributed by atoms with Crippen LogP contribution in [-0.4, -0.2) is 85.2 Å². The first-order chi connectivity index (χ1) is 17.3. The Bertz CT molecular complexity index is 1200. The van der Waals surface area contributed by atoms with E-state index in [1.165, 1.54) is 0 Å². The largest absolute Gasteiger partial charge is 0.394 e. The number of ether oxygens (including phenoxy) is 1. The van der Waals surface area contributed by atoms with Crippen molar-refractivity contribution in [2.75, 3.05) is 26.7 Å². The van der Waals surface area contributed by atoms with Crippen LogP contribution in [0.4, 0.5) is 0 Å². The van der Waals surface area contributed by atoms with Crippen molar-refractivity contribution in [3.63, 3.8) is 0 Å². The van der Waals surface area contributed by atoms with Gasteiger partial charge in [-0.25, -0.2) is 4.68 Å². The van der Waals surface area contributed by atoms with Crippen molar-refractivity contribution in [2.24, 2.45) is 13.0 Å². The van der Waals surface area contributed by atoms with Crippen LogP contribution in [0.15, 0.2) is 36.7 Å². The molecule has 0 aliphatic carbocycles. The third-order valence-electron chi connectivity index (χ3n) is 7.08. The molecule has 1 aromatic carbocycles. The zero-order valence-electron chi connectivity index (χ0n) is 21.5. The van der Waals surface area contributed by atoms with Gasteiger partial charge in [0.2, 0.25) is 5.91 Å². The number of hydrogen-bond acceptors (Lipinski definition) is 6. The van der Waals surface area contributed by atoms with Crippen LogP contribution in [-0.2, 0) is 29.7 Å². The molecule has 2 aromatic heterocycles. The van der Waals surface area contributed by atoms with Gasteiger partial charge in [0.05, 0.1) is 37.3 Å². The Morgan fingerprint density at radius 3 is 2.92 bits per heavy atom. The Morgan fingerprint density at radius 1 is 1.33 bits per heavy atom. The molecular formula is C26H36N6O4. The molecule has 3 atom stereocenters. The van der Waals surface area contributed by atoms with Crippen LogP contribution in [0.5, 0.6) is 0 Å². The molecule has 0 radical (unpaired) electrons. The molecule has 0 saturated carbocycles. The Hall–Kier alpha value is -3.24. The molecule has 0 spiro atoms. The fourth-order valence-electron chi connectivity index (χ4n) is 4.71. The van der Waals surface area contributed by atoms with E-state index in [2.05, 4.69) is 10.3 Å². The predicted molar refractivity (Wildman–Crippen MR) is 135 cm³/mol. The van der Waals surface area contributed by atoms with E-state index < -0.39 is 0 Å². The molecule has 3 heterocycles. The number of benzene rings is 1. The minimum Gasteiger partial charge on any atom is -0.394 e. The lowest BCUT2D eigenvalue weighted by Crippen LogP contribution is -2.48. The fourth-order valence-corrected chi connectivity index (χ4v) is 4.71. The normalized spacial score (nSPS) is 20.5. The lowest BCUT2D eigenvalue weighted by atomic mass is 10.0. The molecule has 1 aliphatic rings. The number of fused-ring (bicyclic) bond motifs is 2. The number of carbonyl (C=O) groups is 2. The average molecular weight is 497 g/mol. The van der Waals surface area contributed by atoms with Crippen LogP contribution in [0.25, 0.3) is 10.9 Å². The van der Waals surface area contributed by atoms with E-state index in [1.54, 1.807) is 27.7 Å². The molecule has 0 bridgehead atoms. The molecule has 194 valence electrons. The summed E-state index contributed by atoms with van der Waals surface area (Å²) in [6.45, 7) is 5.40. The lowest BCUT2D eigenvalue weighted by molar-refractivity contribution is -0.136. The van der Waals surface area contributed by atoms with Gasteiger partial charge in [0, 0.05) is 63.3 Å². The lowest BCUT2D eigenvalue weighted by Gasteiger charge is -2.35. The number of likely N-dealkylation sites (N-methyl/N-ethyl adjacent to an activating group) is 1.